The molecule has 5 heteroatoms. The van der Waals surface area contributed by atoms with Crippen LogP contribution in [-0.4, -0.2) is 43.7 Å². The lowest BCUT2D eigenvalue weighted by Crippen LogP contribution is -2.52. The first-order valence-electron chi connectivity index (χ1n) is 7.74. The van der Waals surface area contributed by atoms with Crippen molar-refractivity contribution in [1.82, 2.24) is 10.2 Å². The number of nitrogens with one attached hydrogen (secondary N) is 1. The molecular formula is C16H25F2N3. The van der Waals surface area contributed by atoms with Crippen molar-refractivity contribution in [3.63, 3.8) is 0 Å². The van der Waals surface area contributed by atoms with Gasteiger partial charge in [-0.25, -0.2) is 8.78 Å². The fourth-order valence-corrected chi connectivity index (χ4v) is 2.96. The minimum atomic E-state index is -0.458. The monoisotopic (exact) mass is 297 g/mol. The molecule has 0 radical (unpaired) electrons. The molecule has 21 heavy (non-hydrogen) atoms. The Labute approximate surface area is 125 Å². The predicted molar refractivity (Wildman–Crippen MR) is 82.7 cm³/mol. The molecule has 0 aliphatic carbocycles. The second-order valence-electron chi connectivity index (χ2n) is 5.61. The quantitative estimate of drug-likeness (QED) is 0.901. The molecule has 1 aromatic rings. The molecule has 0 saturated carbocycles. The molecule has 0 bridgehead atoms. The molecule has 118 valence electrons. The van der Waals surface area contributed by atoms with Crippen molar-refractivity contribution in [3.8, 4) is 0 Å². The third-order valence-electron chi connectivity index (χ3n) is 4.14. The summed E-state index contributed by atoms with van der Waals surface area (Å²) in [4.78, 5) is 4.16. The van der Waals surface area contributed by atoms with Crippen molar-refractivity contribution < 1.29 is 8.78 Å². The number of rotatable bonds is 5. The van der Waals surface area contributed by atoms with E-state index >= 15 is 0 Å². The van der Waals surface area contributed by atoms with Crippen molar-refractivity contribution >= 4 is 5.69 Å². The highest BCUT2D eigenvalue weighted by atomic mass is 19.1. The molecule has 1 atom stereocenters. The molecule has 0 aromatic heterocycles. The molecule has 1 aliphatic rings. The Balaban J connectivity index is 2.16. The van der Waals surface area contributed by atoms with Crippen LogP contribution in [0.1, 0.15) is 26.3 Å². The van der Waals surface area contributed by atoms with E-state index in [4.69, 9.17) is 0 Å². The van der Waals surface area contributed by atoms with Crippen molar-refractivity contribution in [2.45, 2.75) is 33.4 Å². The molecule has 1 unspecified atom stereocenters. The Morgan fingerprint density at radius 3 is 2.38 bits per heavy atom. The lowest BCUT2D eigenvalue weighted by Gasteiger charge is -2.40. The first-order valence-corrected chi connectivity index (χ1v) is 7.74. The highest BCUT2D eigenvalue weighted by molar-refractivity contribution is 5.51. The summed E-state index contributed by atoms with van der Waals surface area (Å²) in [5.41, 5.74) is 0.772. The molecule has 3 nitrogen and oxygen atoms in total. The first kappa shape index (κ1) is 16.2. The SMILES string of the molecule is CCNCc1cc(F)c(N2CCN(CC)C(C)C2)c(F)c1. The lowest BCUT2D eigenvalue weighted by molar-refractivity contribution is 0.198. The largest absolute Gasteiger partial charge is 0.364 e. The minimum Gasteiger partial charge on any atom is -0.364 e. The molecule has 0 spiro atoms. The Bertz CT molecular complexity index is 456. The van der Waals surface area contributed by atoms with Crippen molar-refractivity contribution in [3.05, 3.63) is 29.3 Å². The predicted octanol–water partition coefficient (Wildman–Crippen LogP) is 2.60. The van der Waals surface area contributed by atoms with Crippen LogP contribution in [0.4, 0.5) is 14.5 Å². The fourth-order valence-electron chi connectivity index (χ4n) is 2.96. The first-order chi connectivity index (χ1) is 10.1. The topological polar surface area (TPSA) is 18.5 Å². The maximum Gasteiger partial charge on any atom is 0.149 e. The van der Waals surface area contributed by atoms with Crippen molar-refractivity contribution in [1.29, 1.82) is 0 Å². The number of anilines is 1. The van der Waals surface area contributed by atoms with E-state index in [0.717, 1.165) is 19.6 Å². The van der Waals surface area contributed by atoms with Crippen LogP contribution in [-0.2, 0) is 6.54 Å². The zero-order chi connectivity index (χ0) is 15.4. The summed E-state index contributed by atoms with van der Waals surface area (Å²) in [5, 5.41) is 3.08. The van der Waals surface area contributed by atoms with Crippen LogP contribution in [0.15, 0.2) is 12.1 Å². The highest BCUT2D eigenvalue weighted by Crippen LogP contribution is 2.27. The second kappa shape index (κ2) is 7.18. The Kier molecular flexibility index (Phi) is 5.53. The van der Waals surface area contributed by atoms with E-state index in [0.29, 0.717) is 31.2 Å². The van der Waals surface area contributed by atoms with Gasteiger partial charge in [-0.05, 0) is 37.7 Å². The Hall–Kier alpha value is -1.20. The van der Waals surface area contributed by atoms with Crippen molar-refractivity contribution in [2.75, 3.05) is 37.6 Å². The van der Waals surface area contributed by atoms with Gasteiger partial charge in [0, 0.05) is 32.2 Å². The van der Waals surface area contributed by atoms with Crippen LogP contribution in [0, 0.1) is 11.6 Å². The van der Waals surface area contributed by atoms with E-state index in [1.807, 2.05) is 11.8 Å². The maximum atomic E-state index is 14.3. The summed E-state index contributed by atoms with van der Waals surface area (Å²) >= 11 is 0. The lowest BCUT2D eigenvalue weighted by atomic mass is 10.1. The smallest absolute Gasteiger partial charge is 0.149 e. The second-order valence-corrected chi connectivity index (χ2v) is 5.61. The third-order valence-corrected chi connectivity index (χ3v) is 4.14. The number of likely N-dealkylation sites (N-methyl/N-ethyl adjacent to an activating group) is 1. The molecule has 1 aromatic carbocycles. The molecule has 2 rings (SSSR count). The normalized spacial score (nSPS) is 20.0. The van der Waals surface area contributed by atoms with Gasteiger partial charge in [0.2, 0.25) is 0 Å². The van der Waals surface area contributed by atoms with E-state index in [2.05, 4.69) is 24.1 Å². The molecule has 1 fully saturated rings. The van der Waals surface area contributed by atoms with E-state index in [1.165, 1.54) is 12.1 Å². The van der Waals surface area contributed by atoms with Gasteiger partial charge in [0.05, 0.1) is 0 Å². The molecule has 1 heterocycles. The number of halogens is 2. The molecule has 1 saturated heterocycles. The average Bonchev–Trinajstić information content (AvgIpc) is 2.44. The van der Waals surface area contributed by atoms with Gasteiger partial charge in [0.1, 0.15) is 17.3 Å². The number of benzene rings is 1. The maximum absolute atomic E-state index is 14.3. The van der Waals surface area contributed by atoms with Gasteiger partial charge in [0.25, 0.3) is 0 Å². The molecule has 0 amide bonds. The molecule has 1 aliphatic heterocycles. The fraction of sp³-hybridized carbons (Fsp3) is 0.625. The molecular weight excluding hydrogens is 272 g/mol. The van der Waals surface area contributed by atoms with Gasteiger partial charge in [-0.3, -0.25) is 4.90 Å². The zero-order valence-corrected chi connectivity index (χ0v) is 13.1. The van der Waals surface area contributed by atoms with Gasteiger partial charge in [-0.2, -0.15) is 0 Å². The zero-order valence-electron chi connectivity index (χ0n) is 13.1. The van der Waals surface area contributed by atoms with Crippen LogP contribution in [0.5, 0.6) is 0 Å². The van der Waals surface area contributed by atoms with Crippen LogP contribution < -0.4 is 10.2 Å². The van der Waals surface area contributed by atoms with Crippen LogP contribution in [0.2, 0.25) is 0 Å². The summed E-state index contributed by atoms with van der Waals surface area (Å²) < 4.78 is 28.6. The highest BCUT2D eigenvalue weighted by Gasteiger charge is 2.26. The minimum absolute atomic E-state index is 0.123. The summed E-state index contributed by atoms with van der Waals surface area (Å²) in [6.45, 7) is 10.6. The van der Waals surface area contributed by atoms with Gasteiger partial charge in [-0.1, -0.05) is 13.8 Å². The summed E-state index contributed by atoms with van der Waals surface area (Å²) in [6, 6.07) is 3.19. The van der Waals surface area contributed by atoms with Gasteiger partial charge in [-0.15, -0.1) is 0 Å². The van der Waals surface area contributed by atoms with Crippen LogP contribution in [0.3, 0.4) is 0 Å². The number of nitrogens with zero attached hydrogens (tertiary/aromatic N) is 2. The summed E-state index contributed by atoms with van der Waals surface area (Å²) in [7, 11) is 0. The summed E-state index contributed by atoms with van der Waals surface area (Å²) in [5.74, 6) is -0.917. The van der Waals surface area contributed by atoms with E-state index in [1.54, 1.807) is 0 Å². The van der Waals surface area contributed by atoms with E-state index in [-0.39, 0.29) is 5.69 Å². The number of hydrogen-bond donors (Lipinski definition) is 1. The van der Waals surface area contributed by atoms with Gasteiger partial charge in [0.15, 0.2) is 0 Å². The Morgan fingerprint density at radius 1 is 1.19 bits per heavy atom. The third kappa shape index (κ3) is 3.71. The van der Waals surface area contributed by atoms with Gasteiger partial charge >= 0.3 is 0 Å². The van der Waals surface area contributed by atoms with E-state index in [9.17, 15) is 8.78 Å². The average molecular weight is 297 g/mol. The Morgan fingerprint density at radius 2 is 1.86 bits per heavy atom. The van der Waals surface area contributed by atoms with Crippen LogP contribution in [0.25, 0.3) is 0 Å². The number of piperazine rings is 1. The van der Waals surface area contributed by atoms with Gasteiger partial charge < -0.3 is 10.2 Å². The van der Waals surface area contributed by atoms with Crippen molar-refractivity contribution in [2.24, 2.45) is 0 Å². The summed E-state index contributed by atoms with van der Waals surface area (Å²) in [6.07, 6.45) is 0. The standard InChI is InChI=1S/C16H25F2N3/c1-4-19-10-13-8-14(17)16(15(18)9-13)21-7-6-20(5-2)12(3)11-21/h8-9,12,19H,4-7,10-11H2,1-3H3. The van der Waals surface area contributed by atoms with Crippen LogP contribution >= 0.6 is 0 Å². The molecule has 1 N–H and O–H groups in total. The number of hydrogen-bond acceptors (Lipinski definition) is 3. The van der Waals surface area contributed by atoms with E-state index < -0.39 is 11.6 Å².